The van der Waals surface area contributed by atoms with Crippen molar-refractivity contribution in [2.45, 2.75) is 6.42 Å². The Kier molecular flexibility index (Phi) is 3.38. The van der Waals surface area contributed by atoms with E-state index in [9.17, 15) is 0 Å². The molecule has 1 fully saturated rings. The van der Waals surface area contributed by atoms with E-state index in [1.165, 1.54) is 5.56 Å². The lowest BCUT2D eigenvalue weighted by Gasteiger charge is -2.16. The molecule has 3 heteroatoms. The molecule has 0 radical (unpaired) electrons. The Morgan fingerprint density at radius 3 is 2.50 bits per heavy atom. The molecule has 1 aromatic rings. The average Bonchev–Trinajstić information content (AvgIpc) is 2.29. The summed E-state index contributed by atoms with van der Waals surface area (Å²) in [6, 6.07) is 10.1. The minimum atomic E-state index is -0.163. The fourth-order valence-corrected chi connectivity index (χ4v) is 1.37. The third kappa shape index (κ3) is 2.72. The van der Waals surface area contributed by atoms with Crippen LogP contribution in [0.25, 0.3) is 6.08 Å². The van der Waals surface area contributed by atoms with Gasteiger partial charge in [-0.3, -0.25) is 0 Å². The molecule has 2 rings (SSSR count). The van der Waals surface area contributed by atoms with Crippen LogP contribution in [0.5, 0.6) is 0 Å². The first-order valence-electron chi connectivity index (χ1n) is 4.91. The lowest BCUT2D eigenvalue weighted by molar-refractivity contribution is 0.142. The van der Waals surface area contributed by atoms with Crippen LogP contribution in [0.3, 0.4) is 0 Å². The lowest BCUT2D eigenvalue weighted by atomic mass is 9.87. The monoisotopic (exact) mass is 188 g/mol. The largest absolute Gasteiger partial charge is 0.486 e. The number of hydrogen-bond donors (Lipinski definition) is 0. The Bertz CT molecular complexity index is 291. The molecule has 72 valence electrons. The summed E-state index contributed by atoms with van der Waals surface area (Å²) in [6.45, 7) is 1.59. The summed E-state index contributed by atoms with van der Waals surface area (Å²) in [4.78, 5) is 0. The predicted octanol–water partition coefficient (Wildman–Crippen LogP) is 2.16. The Hall–Kier alpha value is -1.06. The second-order valence-electron chi connectivity index (χ2n) is 3.23. The lowest BCUT2D eigenvalue weighted by Crippen LogP contribution is -2.27. The molecule has 0 aliphatic carbocycles. The number of benzene rings is 1. The molecule has 0 saturated carbocycles. The SMILES string of the molecule is C(=C\c1ccccc1)/B1OCCCO1. The summed E-state index contributed by atoms with van der Waals surface area (Å²) in [5.74, 6) is 1.95. The maximum absolute atomic E-state index is 5.39. The first-order valence-corrected chi connectivity index (χ1v) is 4.91. The van der Waals surface area contributed by atoms with Crippen LogP contribution >= 0.6 is 0 Å². The fourth-order valence-electron chi connectivity index (χ4n) is 1.37. The highest BCUT2D eigenvalue weighted by molar-refractivity contribution is 6.51. The third-order valence-corrected chi connectivity index (χ3v) is 2.10. The minimum absolute atomic E-state index is 0.163. The van der Waals surface area contributed by atoms with Gasteiger partial charge in [0.1, 0.15) is 0 Å². The minimum Gasteiger partial charge on any atom is -0.408 e. The van der Waals surface area contributed by atoms with Crippen LogP contribution in [0.15, 0.2) is 36.3 Å². The van der Waals surface area contributed by atoms with Crippen LogP contribution in [0.4, 0.5) is 0 Å². The molecule has 1 aromatic carbocycles. The van der Waals surface area contributed by atoms with Gasteiger partial charge in [0.2, 0.25) is 0 Å². The van der Waals surface area contributed by atoms with E-state index in [1.807, 2.05) is 30.3 Å². The average molecular weight is 188 g/mol. The smallest absolute Gasteiger partial charge is 0.408 e. The van der Waals surface area contributed by atoms with E-state index in [-0.39, 0.29) is 7.12 Å². The van der Waals surface area contributed by atoms with Crippen LogP contribution in [0.2, 0.25) is 0 Å². The summed E-state index contributed by atoms with van der Waals surface area (Å²) in [7, 11) is -0.163. The van der Waals surface area contributed by atoms with Gasteiger partial charge in [0.15, 0.2) is 0 Å². The Morgan fingerprint density at radius 1 is 1.07 bits per heavy atom. The molecular weight excluding hydrogens is 175 g/mol. The molecule has 1 saturated heterocycles. The van der Waals surface area contributed by atoms with Gasteiger partial charge in [-0.1, -0.05) is 42.4 Å². The quantitative estimate of drug-likeness (QED) is 0.662. The zero-order valence-corrected chi connectivity index (χ0v) is 8.06. The molecule has 1 aliphatic heterocycles. The van der Waals surface area contributed by atoms with Crippen molar-refractivity contribution in [1.29, 1.82) is 0 Å². The van der Waals surface area contributed by atoms with Gasteiger partial charge >= 0.3 is 7.12 Å². The summed E-state index contributed by atoms with van der Waals surface area (Å²) >= 11 is 0. The molecule has 0 atom stereocenters. The summed E-state index contributed by atoms with van der Waals surface area (Å²) in [6.07, 6.45) is 3.02. The van der Waals surface area contributed by atoms with Gasteiger partial charge in [0, 0.05) is 13.2 Å². The Morgan fingerprint density at radius 2 is 1.79 bits per heavy atom. The van der Waals surface area contributed by atoms with Crippen molar-refractivity contribution in [2.75, 3.05) is 13.2 Å². The Labute approximate surface area is 84.7 Å². The van der Waals surface area contributed by atoms with Gasteiger partial charge in [-0.15, -0.1) is 0 Å². The van der Waals surface area contributed by atoms with Crippen molar-refractivity contribution >= 4 is 13.2 Å². The number of rotatable bonds is 2. The van der Waals surface area contributed by atoms with Crippen molar-refractivity contribution in [3.8, 4) is 0 Å². The molecule has 2 nitrogen and oxygen atoms in total. The van der Waals surface area contributed by atoms with E-state index >= 15 is 0 Å². The van der Waals surface area contributed by atoms with Crippen LogP contribution in [-0.4, -0.2) is 20.3 Å². The van der Waals surface area contributed by atoms with E-state index in [0.717, 1.165) is 19.6 Å². The summed E-state index contributed by atoms with van der Waals surface area (Å²) in [5.41, 5.74) is 1.17. The molecule has 0 aromatic heterocycles. The van der Waals surface area contributed by atoms with Crippen molar-refractivity contribution in [2.24, 2.45) is 0 Å². The van der Waals surface area contributed by atoms with E-state index in [1.54, 1.807) is 0 Å². The maximum atomic E-state index is 5.39. The summed E-state index contributed by atoms with van der Waals surface area (Å²) in [5, 5.41) is 0. The molecule has 0 amide bonds. The van der Waals surface area contributed by atoms with Crippen molar-refractivity contribution in [3.63, 3.8) is 0 Å². The molecule has 1 heterocycles. The fraction of sp³-hybridized carbons (Fsp3) is 0.273. The molecule has 0 bridgehead atoms. The van der Waals surface area contributed by atoms with Crippen molar-refractivity contribution in [1.82, 2.24) is 0 Å². The van der Waals surface area contributed by atoms with Gasteiger partial charge in [-0.05, 0) is 12.0 Å². The van der Waals surface area contributed by atoms with Gasteiger partial charge in [-0.2, -0.15) is 0 Å². The van der Waals surface area contributed by atoms with Crippen LogP contribution < -0.4 is 0 Å². The van der Waals surface area contributed by atoms with E-state index in [0.29, 0.717) is 0 Å². The van der Waals surface area contributed by atoms with E-state index < -0.39 is 0 Å². The molecule has 0 unspecified atom stereocenters. The second-order valence-corrected chi connectivity index (χ2v) is 3.23. The standard InChI is InChI=1S/C11H13BO2/c1-2-5-11(6-3-1)7-8-12-13-9-4-10-14-12/h1-3,5-8H,4,9-10H2/b8-7+. The molecule has 0 N–H and O–H groups in total. The Balaban J connectivity index is 1.93. The molecular formula is C11H13BO2. The first-order chi connectivity index (χ1) is 6.95. The zero-order valence-electron chi connectivity index (χ0n) is 8.06. The zero-order chi connectivity index (χ0) is 9.64. The van der Waals surface area contributed by atoms with Crippen LogP contribution in [0, 0.1) is 0 Å². The van der Waals surface area contributed by atoms with Gasteiger partial charge in [-0.25, -0.2) is 0 Å². The molecule has 14 heavy (non-hydrogen) atoms. The summed E-state index contributed by atoms with van der Waals surface area (Å²) < 4.78 is 10.8. The maximum Gasteiger partial charge on any atom is 0.486 e. The van der Waals surface area contributed by atoms with Crippen molar-refractivity contribution in [3.05, 3.63) is 41.9 Å². The van der Waals surface area contributed by atoms with Crippen LogP contribution in [0.1, 0.15) is 12.0 Å². The normalized spacial score (nSPS) is 17.6. The van der Waals surface area contributed by atoms with Gasteiger partial charge in [0.25, 0.3) is 0 Å². The van der Waals surface area contributed by atoms with E-state index in [4.69, 9.17) is 9.31 Å². The van der Waals surface area contributed by atoms with Crippen LogP contribution in [-0.2, 0) is 9.31 Å². The van der Waals surface area contributed by atoms with Gasteiger partial charge in [0.05, 0.1) is 0 Å². The van der Waals surface area contributed by atoms with Crippen molar-refractivity contribution < 1.29 is 9.31 Å². The highest BCUT2D eigenvalue weighted by Crippen LogP contribution is 2.06. The van der Waals surface area contributed by atoms with Gasteiger partial charge < -0.3 is 9.31 Å². The number of hydrogen-bond acceptors (Lipinski definition) is 2. The predicted molar refractivity (Wildman–Crippen MR) is 57.8 cm³/mol. The van der Waals surface area contributed by atoms with E-state index in [2.05, 4.69) is 12.1 Å². The second kappa shape index (κ2) is 4.98. The highest BCUT2D eigenvalue weighted by Gasteiger charge is 2.17. The third-order valence-electron chi connectivity index (χ3n) is 2.10. The first kappa shape index (κ1) is 9.50. The highest BCUT2D eigenvalue weighted by atomic mass is 16.6. The topological polar surface area (TPSA) is 18.5 Å². The molecule has 0 spiro atoms. The molecule has 1 aliphatic rings.